The second kappa shape index (κ2) is 12.1. The van der Waals surface area contributed by atoms with E-state index in [2.05, 4.69) is 6.58 Å². The fraction of sp³-hybridized carbons (Fsp3) is 0.444. The quantitative estimate of drug-likeness (QED) is 0.332. The lowest BCUT2D eigenvalue weighted by Crippen LogP contribution is -2.29. The number of hydrogen-bond acceptors (Lipinski definition) is 6. The van der Waals surface area contributed by atoms with Crippen molar-refractivity contribution in [3.05, 3.63) is 43.0 Å². The Balaban J connectivity index is 2.24. The van der Waals surface area contributed by atoms with Gasteiger partial charge in [-0.05, 0) is 25.0 Å². The molecule has 0 aliphatic carbocycles. The summed E-state index contributed by atoms with van der Waals surface area (Å²) in [7, 11) is 1.54. The van der Waals surface area contributed by atoms with Crippen LogP contribution in [0.3, 0.4) is 0 Å². The molecule has 132 valence electrons. The van der Waals surface area contributed by atoms with Gasteiger partial charge < -0.3 is 18.9 Å². The van der Waals surface area contributed by atoms with E-state index in [1.165, 1.54) is 7.11 Å². The molecule has 0 bridgehead atoms. The van der Waals surface area contributed by atoms with Gasteiger partial charge >= 0.3 is 11.9 Å². The first-order chi connectivity index (χ1) is 11.7. The summed E-state index contributed by atoms with van der Waals surface area (Å²) in [5, 5.41) is 0. The number of esters is 2. The Labute approximate surface area is 142 Å². The molecule has 0 saturated heterocycles. The van der Waals surface area contributed by atoms with E-state index >= 15 is 0 Å². The number of rotatable bonds is 12. The van der Waals surface area contributed by atoms with E-state index in [-0.39, 0.29) is 32.2 Å². The van der Waals surface area contributed by atoms with E-state index in [9.17, 15) is 9.59 Å². The fourth-order valence-corrected chi connectivity index (χ4v) is 1.86. The third-order valence-corrected chi connectivity index (χ3v) is 3.02. The highest BCUT2D eigenvalue weighted by Crippen LogP contribution is 2.10. The van der Waals surface area contributed by atoms with Crippen LogP contribution in [0.5, 0.6) is 5.75 Å². The molecule has 1 rings (SSSR count). The zero-order valence-corrected chi connectivity index (χ0v) is 13.9. The lowest BCUT2D eigenvalue weighted by Gasteiger charge is -2.18. The maximum Gasteiger partial charge on any atom is 0.330 e. The van der Waals surface area contributed by atoms with Gasteiger partial charge in [0.25, 0.3) is 0 Å². The zero-order valence-electron chi connectivity index (χ0n) is 13.9. The zero-order chi connectivity index (χ0) is 17.6. The maximum atomic E-state index is 11.8. The Morgan fingerprint density at radius 3 is 2.58 bits per heavy atom. The highest BCUT2D eigenvalue weighted by molar-refractivity contribution is 5.81. The molecule has 1 aromatic rings. The Hall–Kier alpha value is -2.34. The molecule has 0 radical (unpaired) electrons. The van der Waals surface area contributed by atoms with E-state index in [4.69, 9.17) is 18.9 Å². The van der Waals surface area contributed by atoms with Crippen molar-refractivity contribution in [1.82, 2.24) is 0 Å². The molecule has 0 aliphatic heterocycles. The van der Waals surface area contributed by atoms with Gasteiger partial charge in [-0.3, -0.25) is 4.79 Å². The molecule has 0 aliphatic rings. The number of hydrogen-bond donors (Lipinski definition) is 0. The van der Waals surface area contributed by atoms with Crippen LogP contribution < -0.4 is 4.74 Å². The Bertz CT molecular complexity index is 499. The summed E-state index contributed by atoms with van der Waals surface area (Å²) >= 11 is 0. The summed E-state index contributed by atoms with van der Waals surface area (Å²) in [6, 6.07) is 9.29. The number of ether oxygens (including phenoxy) is 4. The maximum absolute atomic E-state index is 11.8. The van der Waals surface area contributed by atoms with Gasteiger partial charge in [-0.15, -0.1) is 0 Å². The largest absolute Gasteiger partial charge is 0.490 e. The summed E-state index contributed by atoms with van der Waals surface area (Å²) in [5.74, 6) is -0.0850. The smallest absolute Gasteiger partial charge is 0.330 e. The van der Waals surface area contributed by atoms with E-state index in [0.717, 1.165) is 6.08 Å². The van der Waals surface area contributed by atoms with Crippen LogP contribution >= 0.6 is 0 Å². The minimum absolute atomic E-state index is 0.223. The molecular weight excluding hydrogens is 312 g/mol. The molecule has 0 heterocycles. The molecule has 0 N–H and O–H groups in total. The van der Waals surface area contributed by atoms with Crippen LogP contribution in [0.1, 0.15) is 19.3 Å². The lowest BCUT2D eigenvalue weighted by atomic mass is 10.2. The van der Waals surface area contributed by atoms with Crippen molar-refractivity contribution in [2.45, 2.75) is 25.4 Å². The Kier molecular flexibility index (Phi) is 9.96. The molecule has 0 fully saturated rings. The van der Waals surface area contributed by atoms with Crippen LogP contribution in [0.15, 0.2) is 43.0 Å². The van der Waals surface area contributed by atoms with Gasteiger partial charge in [-0.2, -0.15) is 0 Å². The molecule has 0 spiro atoms. The van der Waals surface area contributed by atoms with Gasteiger partial charge in [0.05, 0.1) is 13.2 Å². The third-order valence-electron chi connectivity index (χ3n) is 3.02. The van der Waals surface area contributed by atoms with Gasteiger partial charge in [0.15, 0.2) is 6.10 Å². The molecular formula is C18H24O6. The average Bonchev–Trinajstić information content (AvgIpc) is 2.60. The molecule has 1 aromatic carbocycles. The number of carbonyl (C=O) groups is 2. The summed E-state index contributed by atoms with van der Waals surface area (Å²) < 4.78 is 20.8. The highest BCUT2D eigenvalue weighted by atomic mass is 16.6. The van der Waals surface area contributed by atoms with Crippen molar-refractivity contribution < 1.29 is 28.5 Å². The van der Waals surface area contributed by atoms with Gasteiger partial charge in [-0.1, -0.05) is 24.8 Å². The van der Waals surface area contributed by atoms with Gasteiger partial charge in [-0.25, -0.2) is 4.79 Å². The summed E-state index contributed by atoms with van der Waals surface area (Å²) in [6.45, 7) is 4.05. The minimum Gasteiger partial charge on any atom is -0.490 e. The van der Waals surface area contributed by atoms with Gasteiger partial charge in [0.1, 0.15) is 12.4 Å². The minimum atomic E-state index is -0.471. The van der Waals surface area contributed by atoms with Crippen molar-refractivity contribution in [2.24, 2.45) is 0 Å². The van der Waals surface area contributed by atoms with Crippen LogP contribution in [-0.4, -0.2) is 45.0 Å². The molecule has 24 heavy (non-hydrogen) atoms. The van der Waals surface area contributed by atoms with Crippen molar-refractivity contribution in [1.29, 1.82) is 0 Å². The van der Waals surface area contributed by atoms with Crippen LogP contribution in [0.4, 0.5) is 0 Å². The van der Waals surface area contributed by atoms with Crippen LogP contribution in [0, 0.1) is 0 Å². The summed E-state index contributed by atoms with van der Waals surface area (Å²) in [4.78, 5) is 22.7. The monoisotopic (exact) mass is 336 g/mol. The van der Waals surface area contributed by atoms with Crippen molar-refractivity contribution in [3.63, 3.8) is 0 Å². The molecule has 0 amide bonds. The van der Waals surface area contributed by atoms with Crippen molar-refractivity contribution >= 4 is 11.9 Å². The van der Waals surface area contributed by atoms with E-state index in [0.29, 0.717) is 18.6 Å². The molecule has 1 atom stereocenters. The van der Waals surface area contributed by atoms with E-state index in [1.807, 2.05) is 30.3 Å². The standard InChI is InChI=1S/C18H24O6/c1-3-17(19)22-12-8-7-11-18(20)24-16(13-21-2)14-23-15-9-5-4-6-10-15/h3-6,9-10,16H,1,7-8,11-14H2,2H3. The molecule has 1 unspecified atom stereocenters. The van der Waals surface area contributed by atoms with E-state index < -0.39 is 12.1 Å². The third kappa shape index (κ3) is 8.95. The van der Waals surface area contributed by atoms with Crippen LogP contribution in [-0.2, 0) is 23.8 Å². The molecule has 0 saturated carbocycles. The number of para-hydroxylation sites is 1. The van der Waals surface area contributed by atoms with Gasteiger partial charge in [0, 0.05) is 19.6 Å². The molecule has 6 nitrogen and oxygen atoms in total. The van der Waals surface area contributed by atoms with E-state index in [1.54, 1.807) is 0 Å². The van der Waals surface area contributed by atoms with Gasteiger partial charge in [0.2, 0.25) is 0 Å². The first-order valence-electron chi connectivity index (χ1n) is 7.81. The van der Waals surface area contributed by atoms with Crippen LogP contribution in [0.25, 0.3) is 0 Å². The number of methoxy groups -OCH3 is 1. The van der Waals surface area contributed by atoms with Crippen LogP contribution in [0.2, 0.25) is 0 Å². The number of unbranched alkanes of at least 4 members (excludes halogenated alkanes) is 1. The predicted molar refractivity (Wildman–Crippen MR) is 88.7 cm³/mol. The second-order valence-electron chi connectivity index (χ2n) is 5.02. The topological polar surface area (TPSA) is 71.1 Å². The number of benzene rings is 1. The van der Waals surface area contributed by atoms with Crippen molar-refractivity contribution in [3.8, 4) is 5.75 Å². The molecule has 6 heteroatoms. The fourth-order valence-electron chi connectivity index (χ4n) is 1.86. The average molecular weight is 336 g/mol. The Morgan fingerprint density at radius 1 is 1.17 bits per heavy atom. The summed E-state index contributed by atoms with van der Waals surface area (Å²) in [6.07, 6.45) is 2.04. The SMILES string of the molecule is C=CC(=O)OCCCCC(=O)OC(COC)COc1ccccc1. The Morgan fingerprint density at radius 2 is 1.92 bits per heavy atom. The first-order valence-corrected chi connectivity index (χ1v) is 7.81. The predicted octanol–water partition coefficient (Wildman–Crippen LogP) is 2.52. The molecule has 0 aromatic heterocycles. The normalized spacial score (nSPS) is 11.4. The summed E-state index contributed by atoms with van der Waals surface area (Å²) in [5.41, 5.74) is 0. The second-order valence-corrected chi connectivity index (χ2v) is 5.02. The number of carbonyl (C=O) groups excluding carboxylic acids is 2. The lowest BCUT2D eigenvalue weighted by molar-refractivity contribution is -0.153. The first kappa shape index (κ1) is 19.7. The highest BCUT2D eigenvalue weighted by Gasteiger charge is 2.15. The van der Waals surface area contributed by atoms with Crippen molar-refractivity contribution in [2.75, 3.05) is 26.9 Å².